The second-order valence-electron chi connectivity index (χ2n) is 3.53. The molecule has 18 heavy (non-hydrogen) atoms. The van der Waals surface area contributed by atoms with Gasteiger partial charge in [-0.15, -0.1) is 11.3 Å². The highest BCUT2D eigenvalue weighted by Gasteiger charge is 2.16. The summed E-state index contributed by atoms with van der Waals surface area (Å²) >= 11 is 4.82. The molecule has 1 aromatic carbocycles. The van der Waals surface area contributed by atoms with Crippen molar-refractivity contribution in [3.05, 3.63) is 44.6 Å². The molecule has 0 unspecified atom stereocenters. The van der Waals surface area contributed by atoms with Crippen LogP contribution in [0.2, 0.25) is 0 Å². The van der Waals surface area contributed by atoms with Gasteiger partial charge in [0.2, 0.25) is 0 Å². The number of hydrogen-bond acceptors (Lipinski definition) is 4. The summed E-state index contributed by atoms with van der Waals surface area (Å²) in [6.07, 6.45) is 0. The van der Waals surface area contributed by atoms with E-state index in [-0.39, 0.29) is 5.78 Å². The molecule has 0 amide bonds. The number of hydrogen-bond donors (Lipinski definition) is 0. The van der Waals surface area contributed by atoms with E-state index in [4.69, 9.17) is 9.47 Å². The summed E-state index contributed by atoms with van der Waals surface area (Å²) in [5.41, 5.74) is 1.14. The van der Waals surface area contributed by atoms with Crippen LogP contribution in [0.5, 0.6) is 11.5 Å². The van der Waals surface area contributed by atoms with E-state index in [1.54, 1.807) is 38.5 Å². The van der Waals surface area contributed by atoms with E-state index in [0.717, 1.165) is 3.79 Å². The van der Waals surface area contributed by atoms with Crippen LogP contribution in [0, 0.1) is 0 Å². The number of ketones is 1. The maximum absolute atomic E-state index is 12.4. The zero-order valence-electron chi connectivity index (χ0n) is 9.90. The second-order valence-corrected chi connectivity index (χ2v) is 5.83. The Labute approximate surface area is 117 Å². The van der Waals surface area contributed by atoms with Crippen molar-refractivity contribution in [3.8, 4) is 11.5 Å². The first-order valence-electron chi connectivity index (χ1n) is 5.16. The summed E-state index contributed by atoms with van der Waals surface area (Å²) in [6.45, 7) is 0. The van der Waals surface area contributed by atoms with Gasteiger partial charge in [-0.1, -0.05) is 0 Å². The average Bonchev–Trinajstić information content (AvgIpc) is 2.83. The van der Waals surface area contributed by atoms with Crippen molar-refractivity contribution in [1.82, 2.24) is 0 Å². The Hall–Kier alpha value is -1.33. The number of benzene rings is 1. The summed E-state index contributed by atoms with van der Waals surface area (Å²) in [5, 5.41) is 1.81. The summed E-state index contributed by atoms with van der Waals surface area (Å²) in [7, 11) is 3.11. The molecular formula is C13H11BrO3S. The third-order valence-electron chi connectivity index (χ3n) is 2.48. The Bertz CT molecular complexity index is 577. The van der Waals surface area contributed by atoms with Crippen LogP contribution >= 0.6 is 27.3 Å². The van der Waals surface area contributed by atoms with Crippen LogP contribution in [0.1, 0.15) is 15.9 Å². The highest BCUT2D eigenvalue weighted by Crippen LogP contribution is 2.29. The van der Waals surface area contributed by atoms with Crippen LogP contribution in [0.15, 0.2) is 33.4 Å². The lowest BCUT2D eigenvalue weighted by Gasteiger charge is -2.08. The van der Waals surface area contributed by atoms with Gasteiger partial charge >= 0.3 is 0 Å². The summed E-state index contributed by atoms with van der Waals surface area (Å²) in [6, 6.07) is 6.98. The van der Waals surface area contributed by atoms with Crippen LogP contribution in [0.4, 0.5) is 0 Å². The van der Waals surface area contributed by atoms with E-state index < -0.39 is 0 Å². The van der Waals surface area contributed by atoms with Crippen LogP contribution < -0.4 is 9.47 Å². The smallest absolute Gasteiger partial charge is 0.197 e. The summed E-state index contributed by atoms with van der Waals surface area (Å²) < 4.78 is 11.3. The number of methoxy groups -OCH3 is 2. The van der Waals surface area contributed by atoms with Gasteiger partial charge in [-0.3, -0.25) is 4.79 Å². The highest BCUT2D eigenvalue weighted by molar-refractivity contribution is 9.11. The molecule has 0 atom stereocenters. The molecule has 5 heteroatoms. The first-order valence-corrected chi connectivity index (χ1v) is 6.83. The fraction of sp³-hybridized carbons (Fsp3) is 0.154. The number of halogens is 1. The van der Waals surface area contributed by atoms with Crippen molar-refractivity contribution in [2.24, 2.45) is 0 Å². The Balaban J connectivity index is 2.45. The molecule has 0 aliphatic carbocycles. The van der Waals surface area contributed by atoms with Crippen LogP contribution in [0.3, 0.4) is 0 Å². The standard InChI is InChI=1S/C13H11BrO3S/c1-16-9-3-4-11(17-2)10(6-9)13(15)8-5-12(14)18-7-8/h3-7H,1-2H3. The Kier molecular flexibility index (Phi) is 4.04. The monoisotopic (exact) mass is 326 g/mol. The summed E-state index contributed by atoms with van der Waals surface area (Å²) in [5.74, 6) is 1.10. The Morgan fingerprint density at radius 1 is 1.22 bits per heavy atom. The molecule has 0 aliphatic rings. The van der Waals surface area contributed by atoms with Gasteiger partial charge in [0.05, 0.1) is 23.6 Å². The predicted molar refractivity (Wildman–Crippen MR) is 75.0 cm³/mol. The summed E-state index contributed by atoms with van der Waals surface area (Å²) in [4.78, 5) is 12.4. The molecule has 1 aromatic heterocycles. The number of carbonyl (C=O) groups is 1. The van der Waals surface area contributed by atoms with Crippen LogP contribution in [-0.4, -0.2) is 20.0 Å². The largest absolute Gasteiger partial charge is 0.497 e. The second kappa shape index (κ2) is 5.54. The fourth-order valence-corrected chi connectivity index (χ4v) is 2.71. The van der Waals surface area contributed by atoms with Crippen molar-refractivity contribution in [1.29, 1.82) is 0 Å². The van der Waals surface area contributed by atoms with Crippen molar-refractivity contribution in [3.63, 3.8) is 0 Å². The van der Waals surface area contributed by atoms with Gasteiger partial charge in [-0.25, -0.2) is 0 Å². The number of ether oxygens (including phenoxy) is 2. The third kappa shape index (κ3) is 2.57. The van der Waals surface area contributed by atoms with Gasteiger partial charge in [0, 0.05) is 10.9 Å². The maximum Gasteiger partial charge on any atom is 0.197 e. The van der Waals surface area contributed by atoms with Gasteiger partial charge in [0.25, 0.3) is 0 Å². The minimum Gasteiger partial charge on any atom is -0.497 e. The zero-order valence-corrected chi connectivity index (χ0v) is 12.3. The molecule has 2 rings (SSSR count). The Morgan fingerprint density at radius 2 is 2.00 bits per heavy atom. The van der Waals surface area contributed by atoms with Gasteiger partial charge in [0.1, 0.15) is 11.5 Å². The van der Waals surface area contributed by atoms with Crippen LogP contribution in [0.25, 0.3) is 0 Å². The molecular weight excluding hydrogens is 316 g/mol. The molecule has 1 heterocycles. The lowest BCUT2D eigenvalue weighted by molar-refractivity contribution is 0.103. The maximum atomic E-state index is 12.4. The lowest BCUT2D eigenvalue weighted by atomic mass is 10.0. The van der Waals surface area contributed by atoms with E-state index >= 15 is 0 Å². The minimum atomic E-state index is -0.0762. The van der Waals surface area contributed by atoms with E-state index in [1.165, 1.54) is 11.3 Å². The van der Waals surface area contributed by atoms with E-state index in [2.05, 4.69) is 15.9 Å². The highest BCUT2D eigenvalue weighted by atomic mass is 79.9. The molecule has 0 fully saturated rings. The number of rotatable bonds is 4. The average molecular weight is 327 g/mol. The quantitative estimate of drug-likeness (QED) is 0.802. The minimum absolute atomic E-state index is 0.0762. The third-order valence-corrected chi connectivity index (χ3v) is 3.99. The first-order chi connectivity index (χ1) is 8.65. The molecule has 2 aromatic rings. The lowest BCUT2D eigenvalue weighted by Crippen LogP contribution is -2.03. The van der Waals surface area contributed by atoms with Gasteiger partial charge in [-0.2, -0.15) is 0 Å². The topological polar surface area (TPSA) is 35.5 Å². The number of carbonyl (C=O) groups excluding carboxylic acids is 1. The predicted octanol–water partition coefficient (Wildman–Crippen LogP) is 3.76. The molecule has 94 valence electrons. The van der Waals surface area contributed by atoms with Crippen molar-refractivity contribution in [2.45, 2.75) is 0 Å². The molecule has 0 N–H and O–H groups in total. The number of thiophene rings is 1. The van der Waals surface area contributed by atoms with Gasteiger partial charge < -0.3 is 9.47 Å². The SMILES string of the molecule is COc1ccc(OC)c(C(=O)c2csc(Br)c2)c1. The molecule has 0 bridgehead atoms. The van der Waals surface area contributed by atoms with E-state index in [1.807, 2.05) is 5.38 Å². The molecule has 3 nitrogen and oxygen atoms in total. The zero-order chi connectivity index (χ0) is 13.1. The molecule has 0 spiro atoms. The van der Waals surface area contributed by atoms with E-state index in [0.29, 0.717) is 22.6 Å². The van der Waals surface area contributed by atoms with Crippen molar-refractivity contribution in [2.75, 3.05) is 14.2 Å². The van der Waals surface area contributed by atoms with E-state index in [9.17, 15) is 4.79 Å². The fourth-order valence-electron chi connectivity index (χ4n) is 1.58. The van der Waals surface area contributed by atoms with Crippen molar-refractivity contribution >= 4 is 33.0 Å². The van der Waals surface area contributed by atoms with Gasteiger partial charge in [0.15, 0.2) is 5.78 Å². The van der Waals surface area contributed by atoms with Crippen LogP contribution in [-0.2, 0) is 0 Å². The van der Waals surface area contributed by atoms with Gasteiger partial charge in [-0.05, 0) is 40.2 Å². The Morgan fingerprint density at radius 3 is 2.56 bits per heavy atom. The first kappa shape index (κ1) is 13.1. The molecule has 0 radical (unpaired) electrons. The normalized spacial score (nSPS) is 10.2. The molecule has 0 saturated heterocycles. The molecule has 0 saturated carbocycles. The molecule has 0 aliphatic heterocycles. The van der Waals surface area contributed by atoms with Crippen molar-refractivity contribution < 1.29 is 14.3 Å².